The Morgan fingerprint density at radius 1 is 1.16 bits per heavy atom. The van der Waals surface area contributed by atoms with E-state index in [1.165, 1.54) is 0 Å². The third kappa shape index (κ3) is 8.98. The largest absolute Gasteiger partial charge is 0.497 e. The Hall–Kier alpha value is -2.24. The molecular formula is C19H31N3O3. The maximum Gasteiger partial charge on any atom is 0.315 e. The molecule has 6 nitrogen and oxygen atoms in total. The van der Waals surface area contributed by atoms with Gasteiger partial charge in [-0.3, -0.25) is 4.79 Å². The van der Waals surface area contributed by atoms with Gasteiger partial charge in [0.25, 0.3) is 0 Å². The van der Waals surface area contributed by atoms with E-state index in [-0.39, 0.29) is 23.4 Å². The highest BCUT2D eigenvalue weighted by Crippen LogP contribution is 2.27. The number of carbonyl (C=O) groups is 2. The van der Waals surface area contributed by atoms with Crippen LogP contribution in [0.15, 0.2) is 24.3 Å². The third-order valence-electron chi connectivity index (χ3n) is 3.61. The monoisotopic (exact) mass is 349 g/mol. The van der Waals surface area contributed by atoms with Gasteiger partial charge in [-0.25, -0.2) is 4.79 Å². The van der Waals surface area contributed by atoms with E-state index in [9.17, 15) is 9.59 Å². The number of benzene rings is 1. The van der Waals surface area contributed by atoms with E-state index in [1.54, 1.807) is 7.11 Å². The van der Waals surface area contributed by atoms with Crippen molar-refractivity contribution < 1.29 is 14.3 Å². The van der Waals surface area contributed by atoms with Gasteiger partial charge in [0.15, 0.2) is 0 Å². The van der Waals surface area contributed by atoms with E-state index in [1.807, 2.05) is 38.1 Å². The summed E-state index contributed by atoms with van der Waals surface area (Å²) >= 11 is 0. The molecule has 0 fully saturated rings. The summed E-state index contributed by atoms with van der Waals surface area (Å²) in [5.74, 6) is 0.808. The van der Waals surface area contributed by atoms with E-state index >= 15 is 0 Å². The Morgan fingerprint density at radius 3 is 2.48 bits per heavy atom. The molecule has 0 radical (unpaired) electrons. The Bertz CT molecular complexity index is 571. The van der Waals surface area contributed by atoms with Crippen molar-refractivity contribution >= 4 is 11.9 Å². The molecule has 25 heavy (non-hydrogen) atoms. The number of methoxy groups -OCH3 is 1. The van der Waals surface area contributed by atoms with Gasteiger partial charge >= 0.3 is 6.03 Å². The van der Waals surface area contributed by atoms with E-state index in [0.29, 0.717) is 19.5 Å². The highest BCUT2D eigenvalue weighted by atomic mass is 16.5. The van der Waals surface area contributed by atoms with Crippen molar-refractivity contribution in [3.8, 4) is 5.75 Å². The molecular weight excluding hydrogens is 318 g/mol. The first kappa shape index (κ1) is 20.8. The summed E-state index contributed by atoms with van der Waals surface area (Å²) < 4.78 is 5.24. The van der Waals surface area contributed by atoms with Crippen molar-refractivity contribution in [2.75, 3.05) is 20.2 Å². The Balaban J connectivity index is 2.35. The molecule has 0 unspecified atom stereocenters. The summed E-state index contributed by atoms with van der Waals surface area (Å²) in [4.78, 5) is 23.6. The highest BCUT2D eigenvalue weighted by Gasteiger charge is 2.22. The van der Waals surface area contributed by atoms with Crippen LogP contribution in [0.4, 0.5) is 4.79 Å². The van der Waals surface area contributed by atoms with E-state index in [2.05, 4.69) is 29.8 Å². The van der Waals surface area contributed by atoms with Crippen molar-refractivity contribution in [3.05, 3.63) is 29.8 Å². The molecule has 0 atom stereocenters. The quantitative estimate of drug-likeness (QED) is 0.599. The summed E-state index contributed by atoms with van der Waals surface area (Å²) in [5.41, 5.74) is 0.975. The van der Waals surface area contributed by atoms with Gasteiger partial charge in [-0.2, -0.15) is 0 Å². The molecule has 6 heteroatoms. The zero-order chi connectivity index (χ0) is 18.9. The fourth-order valence-corrected chi connectivity index (χ4v) is 2.59. The van der Waals surface area contributed by atoms with Crippen LogP contribution in [-0.2, 0) is 11.2 Å². The van der Waals surface area contributed by atoms with Crippen molar-refractivity contribution in [1.29, 1.82) is 0 Å². The topological polar surface area (TPSA) is 79.5 Å². The van der Waals surface area contributed by atoms with Crippen molar-refractivity contribution in [1.82, 2.24) is 16.0 Å². The zero-order valence-corrected chi connectivity index (χ0v) is 15.9. The molecule has 1 aromatic rings. The smallest absolute Gasteiger partial charge is 0.315 e. The Kier molecular flexibility index (Phi) is 8.25. The number of urea groups is 1. The summed E-state index contributed by atoms with van der Waals surface area (Å²) in [6.07, 6.45) is 1.20. The SMILES string of the molecule is COc1cccc(CC(C)(C)CC(=O)NCCNC(=O)NC(C)C)c1. The normalized spacial score (nSPS) is 11.1. The fourth-order valence-electron chi connectivity index (χ4n) is 2.59. The molecule has 0 aromatic heterocycles. The number of amides is 3. The van der Waals surface area contributed by atoms with Crippen LogP contribution in [0.3, 0.4) is 0 Å². The lowest BCUT2D eigenvalue weighted by atomic mass is 9.82. The van der Waals surface area contributed by atoms with E-state index in [4.69, 9.17) is 4.74 Å². The van der Waals surface area contributed by atoms with Crippen molar-refractivity contribution in [2.45, 2.75) is 46.6 Å². The highest BCUT2D eigenvalue weighted by molar-refractivity contribution is 5.77. The number of hydrogen-bond donors (Lipinski definition) is 3. The lowest BCUT2D eigenvalue weighted by Crippen LogP contribution is -2.43. The van der Waals surface area contributed by atoms with Crippen LogP contribution in [0.25, 0.3) is 0 Å². The summed E-state index contributed by atoms with van der Waals surface area (Å²) in [7, 11) is 1.65. The second kappa shape index (κ2) is 9.91. The van der Waals surface area contributed by atoms with Gasteiger partial charge in [0.05, 0.1) is 7.11 Å². The van der Waals surface area contributed by atoms with E-state index < -0.39 is 0 Å². The second-order valence-corrected chi connectivity index (χ2v) is 7.27. The number of hydrogen-bond acceptors (Lipinski definition) is 3. The van der Waals surface area contributed by atoms with E-state index in [0.717, 1.165) is 17.7 Å². The molecule has 0 saturated heterocycles. The molecule has 0 aliphatic rings. The van der Waals surface area contributed by atoms with Gasteiger partial charge in [0.2, 0.25) is 5.91 Å². The number of carbonyl (C=O) groups excluding carboxylic acids is 2. The van der Waals surface area contributed by atoms with Gasteiger partial charge in [-0.1, -0.05) is 26.0 Å². The summed E-state index contributed by atoms with van der Waals surface area (Å²) in [6.45, 7) is 8.75. The number of nitrogens with one attached hydrogen (secondary N) is 3. The zero-order valence-electron chi connectivity index (χ0n) is 15.9. The maximum atomic E-state index is 12.1. The van der Waals surface area contributed by atoms with Crippen molar-refractivity contribution in [2.24, 2.45) is 5.41 Å². The van der Waals surface area contributed by atoms with Crippen LogP contribution < -0.4 is 20.7 Å². The third-order valence-corrected chi connectivity index (χ3v) is 3.61. The minimum Gasteiger partial charge on any atom is -0.497 e. The summed E-state index contributed by atoms with van der Waals surface area (Å²) in [5, 5.41) is 8.29. The first-order chi connectivity index (χ1) is 11.7. The maximum absolute atomic E-state index is 12.1. The molecule has 140 valence electrons. The molecule has 0 heterocycles. The van der Waals surface area contributed by atoms with Crippen molar-refractivity contribution in [3.63, 3.8) is 0 Å². The minimum absolute atomic E-state index is 0.0148. The van der Waals surface area contributed by atoms with Crippen LogP contribution in [0, 0.1) is 5.41 Å². The first-order valence-corrected chi connectivity index (χ1v) is 8.66. The lowest BCUT2D eigenvalue weighted by Gasteiger charge is -2.24. The standard InChI is InChI=1S/C19H31N3O3/c1-14(2)22-18(24)21-10-9-20-17(23)13-19(3,4)12-15-7-6-8-16(11-15)25-5/h6-8,11,14H,9-10,12-13H2,1-5H3,(H,20,23)(H2,21,22,24). The van der Waals surface area contributed by atoms with Gasteiger partial charge in [0, 0.05) is 25.6 Å². The van der Waals surface area contributed by atoms with Crippen LogP contribution in [0.1, 0.15) is 39.7 Å². The predicted octanol–water partition coefficient (Wildman–Crippen LogP) is 2.48. The van der Waals surface area contributed by atoms with Crippen LogP contribution in [0.2, 0.25) is 0 Å². The molecule has 3 amide bonds. The molecule has 0 bridgehead atoms. The number of ether oxygens (including phenoxy) is 1. The van der Waals surface area contributed by atoms with Gasteiger partial charge in [0.1, 0.15) is 5.75 Å². The summed E-state index contributed by atoms with van der Waals surface area (Å²) in [6, 6.07) is 7.77. The van der Waals surface area contributed by atoms with Gasteiger partial charge in [-0.15, -0.1) is 0 Å². The average Bonchev–Trinajstić information content (AvgIpc) is 2.50. The minimum atomic E-state index is -0.220. The molecule has 0 spiro atoms. The average molecular weight is 349 g/mol. The first-order valence-electron chi connectivity index (χ1n) is 8.66. The Labute approximate surface area is 150 Å². The van der Waals surface area contributed by atoms with Crippen LogP contribution in [0.5, 0.6) is 5.75 Å². The molecule has 0 aliphatic carbocycles. The van der Waals surface area contributed by atoms with Crippen LogP contribution in [-0.4, -0.2) is 38.2 Å². The predicted molar refractivity (Wildman–Crippen MR) is 99.8 cm³/mol. The Morgan fingerprint density at radius 2 is 1.84 bits per heavy atom. The number of rotatable bonds is 9. The molecule has 1 rings (SSSR count). The molecule has 0 aliphatic heterocycles. The lowest BCUT2D eigenvalue weighted by molar-refractivity contribution is -0.122. The fraction of sp³-hybridized carbons (Fsp3) is 0.579. The second-order valence-electron chi connectivity index (χ2n) is 7.27. The molecule has 1 aromatic carbocycles. The van der Waals surface area contributed by atoms with Gasteiger partial charge < -0.3 is 20.7 Å². The molecule has 3 N–H and O–H groups in total. The van der Waals surface area contributed by atoms with Crippen LogP contribution >= 0.6 is 0 Å². The molecule has 0 saturated carbocycles. The van der Waals surface area contributed by atoms with Gasteiger partial charge in [-0.05, 0) is 43.4 Å².